The quantitative estimate of drug-likeness (QED) is 0.643. The number of nitrogens with one attached hydrogen (secondary N) is 2. The van der Waals surface area contributed by atoms with Gasteiger partial charge in [0.2, 0.25) is 10.0 Å². The van der Waals surface area contributed by atoms with E-state index in [-0.39, 0.29) is 4.90 Å². The van der Waals surface area contributed by atoms with Crippen molar-refractivity contribution in [2.45, 2.75) is 31.7 Å². The van der Waals surface area contributed by atoms with Gasteiger partial charge in [-0.2, -0.15) is 0 Å². The summed E-state index contributed by atoms with van der Waals surface area (Å²) in [5.74, 6) is 0. The van der Waals surface area contributed by atoms with Gasteiger partial charge >= 0.3 is 0 Å². The lowest BCUT2D eigenvalue weighted by Crippen LogP contribution is -2.25. The Hall–Kier alpha value is -0.660. The van der Waals surface area contributed by atoms with Gasteiger partial charge in [0.05, 0.1) is 4.90 Å². The summed E-state index contributed by atoms with van der Waals surface area (Å²) in [6.07, 6.45) is 0.638. The third-order valence-corrected chi connectivity index (χ3v) is 4.67. The Balaban J connectivity index is 2.64. The van der Waals surface area contributed by atoms with Crippen LogP contribution in [0.2, 0.25) is 5.02 Å². The van der Waals surface area contributed by atoms with E-state index in [2.05, 4.69) is 10.0 Å². The number of ether oxygens (including phenoxy) is 1. The van der Waals surface area contributed by atoms with E-state index in [1.807, 2.05) is 13.8 Å². The highest BCUT2D eigenvalue weighted by Gasteiger charge is 2.14. The lowest BCUT2D eigenvalue weighted by Gasteiger charge is -2.10. The van der Waals surface area contributed by atoms with E-state index < -0.39 is 10.0 Å². The minimum atomic E-state index is -3.52. The van der Waals surface area contributed by atoms with Gasteiger partial charge in [0.1, 0.15) is 0 Å². The zero-order valence-electron chi connectivity index (χ0n) is 12.5. The third-order valence-electron chi connectivity index (χ3n) is 2.86. The number of rotatable bonds is 10. The second-order valence-corrected chi connectivity index (χ2v) is 6.66. The first-order valence-corrected chi connectivity index (χ1v) is 8.94. The smallest absolute Gasteiger partial charge is 0.240 e. The Labute approximate surface area is 132 Å². The zero-order chi connectivity index (χ0) is 15.7. The van der Waals surface area contributed by atoms with Gasteiger partial charge in [0.15, 0.2) is 0 Å². The van der Waals surface area contributed by atoms with Gasteiger partial charge in [-0.05, 0) is 37.6 Å². The first-order valence-electron chi connectivity index (χ1n) is 7.07. The minimum Gasteiger partial charge on any atom is -0.382 e. The van der Waals surface area contributed by atoms with Crippen LogP contribution in [0.25, 0.3) is 0 Å². The number of hydrogen-bond acceptors (Lipinski definition) is 4. The molecule has 0 saturated carbocycles. The van der Waals surface area contributed by atoms with Crippen molar-refractivity contribution < 1.29 is 13.2 Å². The Morgan fingerprint density at radius 2 is 2.05 bits per heavy atom. The summed E-state index contributed by atoms with van der Waals surface area (Å²) in [6, 6.07) is 4.79. The average Bonchev–Trinajstić information content (AvgIpc) is 2.45. The lowest BCUT2D eigenvalue weighted by atomic mass is 10.2. The van der Waals surface area contributed by atoms with E-state index in [1.54, 1.807) is 12.1 Å². The van der Waals surface area contributed by atoms with Crippen LogP contribution < -0.4 is 10.0 Å². The van der Waals surface area contributed by atoms with Crippen molar-refractivity contribution >= 4 is 21.6 Å². The van der Waals surface area contributed by atoms with Crippen molar-refractivity contribution in [2.24, 2.45) is 0 Å². The van der Waals surface area contributed by atoms with Crippen LogP contribution in [0.3, 0.4) is 0 Å². The second kappa shape index (κ2) is 9.38. The molecule has 5 nitrogen and oxygen atoms in total. The summed E-state index contributed by atoms with van der Waals surface area (Å²) in [6.45, 7) is 6.88. The summed E-state index contributed by atoms with van der Waals surface area (Å²) in [5, 5.41) is 3.61. The minimum absolute atomic E-state index is 0.184. The van der Waals surface area contributed by atoms with Gasteiger partial charge in [-0.15, -0.1) is 0 Å². The van der Waals surface area contributed by atoms with Gasteiger partial charge in [-0.3, -0.25) is 0 Å². The molecular weight excluding hydrogens is 312 g/mol. The van der Waals surface area contributed by atoms with Gasteiger partial charge in [-0.1, -0.05) is 24.6 Å². The maximum Gasteiger partial charge on any atom is 0.240 e. The molecule has 0 fully saturated rings. The Kier molecular flexibility index (Phi) is 8.21. The molecule has 0 bridgehead atoms. The molecule has 1 aromatic rings. The SMILES string of the molecule is CCNCc1ccc(S(=O)(=O)NCCCOCC)cc1Cl. The molecule has 0 aliphatic rings. The van der Waals surface area contributed by atoms with E-state index in [1.165, 1.54) is 6.07 Å². The van der Waals surface area contributed by atoms with E-state index in [4.69, 9.17) is 16.3 Å². The Bertz CT molecular complexity index is 535. The predicted octanol–water partition coefficient (Wildman–Crippen LogP) is 2.15. The molecule has 1 aromatic carbocycles. The fourth-order valence-corrected chi connectivity index (χ4v) is 3.12. The molecule has 7 heteroatoms. The number of sulfonamides is 1. The summed E-state index contributed by atoms with van der Waals surface area (Å²) in [4.78, 5) is 0.184. The van der Waals surface area contributed by atoms with Crippen molar-refractivity contribution in [3.63, 3.8) is 0 Å². The summed E-state index contributed by atoms with van der Waals surface area (Å²) < 4.78 is 31.9. The molecule has 0 aromatic heterocycles. The molecule has 0 aliphatic heterocycles. The molecule has 0 heterocycles. The second-order valence-electron chi connectivity index (χ2n) is 4.48. The highest BCUT2D eigenvalue weighted by atomic mass is 35.5. The standard InChI is InChI=1S/C14H23ClN2O3S/c1-3-16-11-12-6-7-13(10-14(12)15)21(18,19)17-8-5-9-20-4-2/h6-7,10,16-17H,3-5,8-9,11H2,1-2H3. The maximum absolute atomic E-state index is 12.1. The monoisotopic (exact) mass is 334 g/mol. The van der Waals surface area contributed by atoms with Crippen molar-refractivity contribution in [3.05, 3.63) is 28.8 Å². The molecule has 0 spiro atoms. The summed E-state index contributed by atoms with van der Waals surface area (Å²) in [5.41, 5.74) is 0.883. The fraction of sp³-hybridized carbons (Fsp3) is 0.571. The van der Waals surface area contributed by atoms with Crippen molar-refractivity contribution in [2.75, 3.05) is 26.3 Å². The number of benzene rings is 1. The third kappa shape index (κ3) is 6.32. The van der Waals surface area contributed by atoms with Gasteiger partial charge < -0.3 is 10.1 Å². The van der Waals surface area contributed by atoms with Crippen molar-refractivity contribution in [1.82, 2.24) is 10.0 Å². The van der Waals surface area contributed by atoms with Gasteiger partial charge in [-0.25, -0.2) is 13.1 Å². The van der Waals surface area contributed by atoms with Crippen molar-refractivity contribution in [1.29, 1.82) is 0 Å². The topological polar surface area (TPSA) is 67.4 Å². The van der Waals surface area contributed by atoms with E-state index >= 15 is 0 Å². The molecule has 0 saturated heterocycles. The van der Waals surface area contributed by atoms with Gasteiger partial charge in [0.25, 0.3) is 0 Å². The lowest BCUT2D eigenvalue weighted by molar-refractivity contribution is 0.146. The summed E-state index contributed by atoms with van der Waals surface area (Å²) >= 11 is 6.12. The molecular formula is C14H23ClN2O3S. The van der Waals surface area contributed by atoms with Crippen LogP contribution in [-0.2, 0) is 21.3 Å². The van der Waals surface area contributed by atoms with Crippen LogP contribution in [0.4, 0.5) is 0 Å². The molecule has 120 valence electrons. The Morgan fingerprint density at radius 1 is 1.29 bits per heavy atom. The molecule has 0 amide bonds. The van der Waals surface area contributed by atoms with Gasteiger partial charge in [0, 0.05) is 31.3 Å². The van der Waals surface area contributed by atoms with Crippen molar-refractivity contribution in [3.8, 4) is 0 Å². The molecule has 0 radical (unpaired) electrons. The van der Waals surface area contributed by atoms with Crippen LogP contribution in [-0.4, -0.2) is 34.7 Å². The number of hydrogen-bond donors (Lipinski definition) is 2. The molecule has 1 rings (SSSR count). The van der Waals surface area contributed by atoms with E-state index in [0.717, 1.165) is 12.1 Å². The largest absolute Gasteiger partial charge is 0.382 e. The van der Waals surface area contributed by atoms with E-state index in [0.29, 0.717) is 37.7 Å². The molecule has 21 heavy (non-hydrogen) atoms. The fourth-order valence-electron chi connectivity index (χ4n) is 1.71. The highest BCUT2D eigenvalue weighted by Crippen LogP contribution is 2.20. The maximum atomic E-state index is 12.1. The van der Waals surface area contributed by atoms with E-state index in [9.17, 15) is 8.42 Å². The van der Waals surface area contributed by atoms with Crippen LogP contribution in [0.5, 0.6) is 0 Å². The molecule has 0 aliphatic carbocycles. The van der Waals surface area contributed by atoms with Crippen LogP contribution in [0.15, 0.2) is 23.1 Å². The zero-order valence-corrected chi connectivity index (χ0v) is 14.1. The van der Waals surface area contributed by atoms with Crippen LogP contribution in [0.1, 0.15) is 25.8 Å². The predicted molar refractivity (Wildman–Crippen MR) is 85.1 cm³/mol. The average molecular weight is 335 g/mol. The number of halogens is 1. The summed E-state index contributed by atoms with van der Waals surface area (Å²) in [7, 11) is -3.52. The van der Waals surface area contributed by atoms with Crippen LogP contribution in [0, 0.1) is 0 Å². The molecule has 2 N–H and O–H groups in total. The first-order chi connectivity index (χ1) is 10.0. The molecule has 0 unspecified atom stereocenters. The first kappa shape index (κ1) is 18.4. The normalized spacial score (nSPS) is 11.8. The Morgan fingerprint density at radius 3 is 2.67 bits per heavy atom. The highest BCUT2D eigenvalue weighted by molar-refractivity contribution is 7.89. The molecule has 0 atom stereocenters. The van der Waals surface area contributed by atoms with Crippen LogP contribution >= 0.6 is 11.6 Å².